The molecule has 2 nitrogen and oxygen atoms in total. The molecule has 0 bridgehead atoms. The van der Waals surface area contributed by atoms with Gasteiger partial charge in [-0.15, -0.1) is 0 Å². The Hall–Kier alpha value is -1.39. The molecule has 0 unspecified atom stereocenters. The second kappa shape index (κ2) is 6.17. The molecular formula is C15H16BrFN2. The fourth-order valence-corrected chi connectivity index (χ4v) is 2.41. The molecule has 0 saturated heterocycles. The Morgan fingerprint density at radius 1 is 1.16 bits per heavy atom. The van der Waals surface area contributed by atoms with Crippen LogP contribution in [0.15, 0.2) is 46.9 Å². The van der Waals surface area contributed by atoms with Gasteiger partial charge in [0.05, 0.1) is 4.47 Å². The quantitative estimate of drug-likeness (QED) is 0.867. The van der Waals surface area contributed by atoms with Crippen LogP contribution >= 0.6 is 15.9 Å². The summed E-state index contributed by atoms with van der Waals surface area (Å²) in [7, 11) is 2.00. The van der Waals surface area contributed by atoms with Crippen molar-refractivity contribution in [1.29, 1.82) is 0 Å². The van der Waals surface area contributed by atoms with E-state index in [0.717, 1.165) is 23.4 Å². The number of nitrogens with two attached hydrogens (primary N) is 1. The van der Waals surface area contributed by atoms with E-state index in [1.54, 1.807) is 6.07 Å². The Balaban J connectivity index is 2.05. The normalized spacial score (nSPS) is 10.9. The van der Waals surface area contributed by atoms with Crippen LogP contribution in [0.25, 0.3) is 0 Å². The molecule has 2 aromatic rings. The van der Waals surface area contributed by atoms with Crippen molar-refractivity contribution in [3.8, 4) is 0 Å². The van der Waals surface area contributed by atoms with Crippen molar-refractivity contribution in [3.05, 3.63) is 63.9 Å². The molecule has 0 heterocycles. The van der Waals surface area contributed by atoms with Crippen LogP contribution in [0.3, 0.4) is 0 Å². The SMILES string of the molecule is CN(Cc1cccc(N)c1)Cc1cccc(F)c1Br. The monoisotopic (exact) mass is 322 g/mol. The summed E-state index contributed by atoms with van der Waals surface area (Å²) in [5, 5.41) is 0. The third-order valence-electron chi connectivity index (χ3n) is 2.88. The van der Waals surface area contributed by atoms with Gasteiger partial charge in [-0.3, -0.25) is 4.90 Å². The molecule has 0 amide bonds. The number of nitrogen functional groups attached to an aromatic ring is 1. The maximum absolute atomic E-state index is 13.4. The summed E-state index contributed by atoms with van der Waals surface area (Å²) in [6.45, 7) is 1.45. The first-order valence-corrected chi connectivity index (χ1v) is 6.81. The standard InChI is InChI=1S/C15H16BrFN2/c1-19(9-11-4-2-6-13(18)8-11)10-12-5-3-7-14(17)15(12)16/h2-8H,9-10,18H2,1H3. The third kappa shape index (κ3) is 3.78. The van der Waals surface area contributed by atoms with E-state index in [9.17, 15) is 4.39 Å². The highest BCUT2D eigenvalue weighted by atomic mass is 79.9. The van der Waals surface area contributed by atoms with E-state index in [1.807, 2.05) is 37.4 Å². The van der Waals surface area contributed by atoms with Gasteiger partial charge in [-0.1, -0.05) is 24.3 Å². The van der Waals surface area contributed by atoms with E-state index in [0.29, 0.717) is 11.0 Å². The van der Waals surface area contributed by atoms with Gasteiger partial charge in [0, 0.05) is 18.8 Å². The topological polar surface area (TPSA) is 29.3 Å². The fraction of sp³-hybridized carbons (Fsp3) is 0.200. The summed E-state index contributed by atoms with van der Waals surface area (Å²) >= 11 is 3.28. The smallest absolute Gasteiger partial charge is 0.137 e. The number of hydrogen-bond donors (Lipinski definition) is 1. The molecule has 0 atom stereocenters. The van der Waals surface area contributed by atoms with Crippen molar-refractivity contribution in [2.45, 2.75) is 13.1 Å². The molecule has 2 aromatic carbocycles. The van der Waals surface area contributed by atoms with Crippen molar-refractivity contribution < 1.29 is 4.39 Å². The second-order valence-electron chi connectivity index (χ2n) is 4.63. The van der Waals surface area contributed by atoms with Crippen molar-refractivity contribution in [2.75, 3.05) is 12.8 Å². The Morgan fingerprint density at radius 3 is 2.63 bits per heavy atom. The molecule has 4 heteroatoms. The lowest BCUT2D eigenvalue weighted by molar-refractivity contribution is 0.318. The van der Waals surface area contributed by atoms with E-state index in [1.165, 1.54) is 6.07 Å². The van der Waals surface area contributed by atoms with E-state index in [2.05, 4.69) is 20.8 Å². The molecule has 0 saturated carbocycles. The lowest BCUT2D eigenvalue weighted by Crippen LogP contribution is -2.17. The van der Waals surface area contributed by atoms with Crippen molar-refractivity contribution in [3.63, 3.8) is 0 Å². The highest BCUT2D eigenvalue weighted by molar-refractivity contribution is 9.10. The second-order valence-corrected chi connectivity index (χ2v) is 5.42. The van der Waals surface area contributed by atoms with Gasteiger partial charge in [0.1, 0.15) is 5.82 Å². The van der Waals surface area contributed by atoms with Gasteiger partial charge in [-0.05, 0) is 52.3 Å². The molecule has 19 heavy (non-hydrogen) atoms. The Bertz CT molecular complexity index is 572. The lowest BCUT2D eigenvalue weighted by atomic mass is 10.1. The number of rotatable bonds is 4. The van der Waals surface area contributed by atoms with E-state index >= 15 is 0 Å². The van der Waals surface area contributed by atoms with Crippen molar-refractivity contribution in [2.24, 2.45) is 0 Å². The third-order valence-corrected chi connectivity index (χ3v) is 3.76. The zero-order chi connectivity index (χ0) is 13.8. The average Bonchev–Trinajstić information content (AvgIpc) is 2.35. The number of anilines is 1. The maximum atomic E-state index is 13.4. The Labute approximate surface area is 121 Å². The van der Waals surface area contributed by atoms with Crippen LogP contribution in [0.1, 0.15) is 11.1 Å². The Kier molecular flexibility index (Phi) is 4.56. The maximum Gasteiger partial charge on any atom is 0.137 e. The lowest BCUT2D eigenvalue weighted by Gasteiger charge is -2.18. The van der Waals surface area contributed by atoms with Gasteiger partial charge in [0.15, 0.2) is 0 Å². The molecule has 0 radical (unpaired) electrons. The summed E-state index contributed by atoms with van der Waals surface area (Å²) < 4.78 is 14.0. The van der Waals surface area contributed by atoms with Gasteiger partial charge < -0.3 is 5.73 Å². The molecule has 0 fully saturated rings. The molecule has 0 aromatic heterocycles. The van der Waals surface area contributed by atoms with Crippen LogP contribution in [0.5, 0.6) is 0 Å². The van der Waals surface area contributed by atoms with Crippen LogP contribution < -0.4 is 5.73 Å². The molecule has 0 aliphatic rings. The zero-order valence-corrected chi connectivity index (χ0v) is 12.3. The number of hydrogen-bond acceptors (Lipinski definition) is 2. The predicted octanol–water partition coefficient (Wildman–Crippen LogP) is 3.80. The highest BCUT2D eigenvalue weighted by Crippen LogP contribution is 2.22. The van der Waals surface area contributed by atoms with Gasteiger partial charge in [-0.2, -0.15) is 0 Å². The first-order valence-electron chi connectivity index (χ1n) is 6.02. The summed E-state index contributed by atoms with van der Waals surface area (Å²) in [4.78, 5) is 2.12. The van der Waals surface area contributed by atoms with E-state index in [4.69, 9.17) is 5.73 Å². The van der Waals surface area contributed by atoms with Crippen molar-refractivity contribution in [1.82, 2.24) is 4.90 Å². The first kappa shape index (κ1) is 14.0. The molecule has 0 spiro atoms. The zero-order valence-electron chi connectivity index (χ0n) is 10.7. The van der Waals surface area contributed by atoms with Crippen LogP contribution in [0.2, 0.25) is 0 Å². The number of halogens is 2. The summed E-state index contributed by atoms with van der Waals surface area (Å²) in [6, 6.07) is 12.9. The average molecular weight is 323 g/mol. The molecular weight excluding hydrogens is 307 g/mol. The molecule has 0 aliphatic carbocycles. The van der Waals surface area contributed by atoms with Crippen LogP contribution in [-0.4, -0.2) is 11.9 Å². The fourth-order valence-electron chi connectivity index (χ4n) is 2.02. The summed E-state index contributed by atoms with van der Waals surface area (Å²) in [6.07, 6.45) is 0. The van der Waals surface area contributed by atoms with Crippen LogP contribution in [0.4, 0.5) is 10.1 Å². The minimum absolute atomic E-state index is 0.227. The predicted molar refractivity (Wildman–Crippen MR) is 80.1 cm³/mol. The molecule has 2 N–H and O–H groups in total. The van der Waals surface area contributed by atoms with Crippen molar-refractivity contribution >= 4 is 21.6 Å². The highest BCUT2D eigenvalue weighted by Gasteiger charge is 2.08. The van der Waals surface area contributed by atoms with Crippen LogP contribution in [0, 0.1) is 5.82 Å². The Morgan fingerprint density at radius 2 is 1.89 bits per heavy atom. The largest absolute Gasteiger partial charge is 0.399 e. The summed E-state index contributed by atoms with van der Waals surface area (Å²) in [5.74, 6) is -0.227. The van der Waals surface area contributed by atoms with Gasteiger partial charge in [0.2, 0.25) is 0 Å². The van der Waals surface area contributed by atoms with Gasteiger partial charge >= 0.3 is 0 Å². The minimum atomic E-state index is -0.227. The number of benzene rings is 2. The molecule has 100 valence electrons. The van der Waals surface area contributed by atoms with E-state index < -0.39 is 0 Å². The van der Waals surface area contributed by atoms with E-state index in [-0.39, 0.29) is 5.82 Å². The van der Waals surface area contributed by atoms with Gasteiger partial charge in [0.25, 0.3) is 0 Å². The minimum Gasteiger partial charge on any atom is -0.399 e. The molecule has 0 aliphatic heterocycles. The number of nitrogens with zero attached hydrogens (tertiary/aromatic N) is 1. The molecule has 2 rings (SSSR count). The summed E-state index contributed by atoms with van der Waals surface area (Å²) in [5.41, 5.74) is 8.60. The van der Waals surface area contributed by atoms with Gasteiger partial charge in [-0.25, -0.2) is 4.39 Å². The first-order chi connectivity index (χ1) is 9.06. The van der Waals surface area contributed by atoms with Crippen LogP contribution in [-0.2, 0) is 13.1 Å².